The van der Waals surface area contributed by atoms with Gasteiger partial charge in [0.15, 0.2) is 5.78 Å². The van der Waals surface area contributed by atoms with Gasteiger partial charge in [0.05, 0.1) is 20.6 Å². The lowest BCUT2D eigenvalue weighted by Crippen LogP contribution is -2.32. The number of carbonyl (C=O) groups excluding carboxylic acids is 2. The molecule has 1 unspecified atom stereocenters. The van der Waals surface area contributed by atoms with E-state index in [-0.39, 0.29) is 18.1 Å². The summed E-state index contributed by atoms with van der Waals surface area (Å²) in [6.07, 6.45) is 3.58. The summed E-state index contributed by atoms with van der Waals surface area (Å²) < 4.78 is 12.6. The summed E-state index contributed by atoms with van der Waals surface area (Å²) >= 11 is 0. The molecule has 0 aliphatic carbocycles. The van der Waals surface area contributed by atoms with Crippen LogP contribution < -0.4 is 14.8 Å². The Balaban J connectivity index is 1.90. The van der Waals surface area contributed by atoms with Gasteiger partial charge in [-0.25, -0.2) is 4.98 Å². The number of benzene rings is 2. The first kappa shape index (κ1) is 21.1. The highest BCUT2D eigenvalue weighted by atomic mass is 16.5. The molecule has 0 fully saturated rings. The lowest BCUT2D eigenvalue weighted by molar-refractivity contribution is -0.121. The van der Waals surface area contributed by atoms with Crippen LogP contribution in [0.1, 0.15) is 40.3 Å². The minimum atomic E-state index is -0.463. The van der Waals surface area contributed by atoms with Crippen molar-refractivity contribution in [2.45, 2.75) is 19.4 Å². The lowest BCUT2D eigenvalue weighted by atomic mass is 10.0. The Hall–Kier alpha value is -3.61. The van der Waals surface area contributed by atoms with Gasteiger partial charge in [-0.15, -0.1) is 0 Å². The Morgan fingerprint density at radius 1 is 1.13 bits per heavy atom. The number of aryl methyl sites for hydroxylation is 1. The topological polar surface area (TPSA) is 82.4 Å². The van der Waals surface area contributed by atoms with E-state index in [4.69, 9.17) is 9.47 Å². The molecule has 3 aromatic rings. The van der Waals surface area contributed by atoms with Gasteiger partial charge in [0.25, 0.3) is 0 Å². The van der Waals surface area contributed by atoms with E-state index in [2.05, 4.69) is 10.3 Å². The quantitative estimate of drug-likeness (QED) is 0.580. The first-order valence-corrected chi connectivity index (χ1v) is 9.51. The van der Waals surface area contributed by atoms with Gasteiger partial charge in [0, 0.05) is 30.6 Å². The van der Waals surface area contributed by atoms with Crippen LogP contribution >= 0.6 is 0 Å². The van der Waals surface area contributed by atoms with Crippen LogP contribution in [0, 0.1) is 0 Å². The zero-order chi connectivity index (χ0) is 21.7. The molecule has 0 aliphatic heterocycles. The van der Waals surface area contributed by atoms with Gasteiger partial charge in [0.1, 0.15) is 23.4 Å². The van der Waals surface area contributed by atoms with Gasteiger partial charge in [-0.2, -0.15) is 0 Å². The predicted molar refractivity (Wildman–Crippen MR) is 113 cm³/mol. The molecule has 1 heterocycles. The standard InChI is InChI=1S/C23H25N3O4/c1-15(27)16-8-9-20(30-4)18(12-16)14-21(28)25-22(23-24-10-11-26(23)2)17-6-5-7-19(13-17)29-3/h5-13,22H,14H2,1-4H3,(H,25,28). The summed E-state index contributed by atoms with van der Waals surface area (Å²) in [6, 6.07) is 12.1. The number of Topliss-reactive ketones (excluding diaryl/α,β-unsaturated/α-hetero) is 1. The van der Waals surface area contributed by atoms with E-state index in [1.54, 1.807) is 31.5 Å². The first-order chi connectivity index (χ1) is 14.4. The molecule has 7 nitrogen and oxygen atoms in total. The van der Waals surface area contributed by atoms with Crippen LogP contribution in [-0.2, 0) is 18.3 Å². The van der Waals surface area contributed by atoms with E-state index in [0.717, 1.165) is 5.56 Å². The van der Waals surface area contributed by atoms with Crippen molar-refractivity contribution < 1.29 is 19.1 Å². The molecule has 7 heteroatoms. The third-order valence-corrected chi connectivity index (χ3v) is 4.89. The third kappa shape index (κ3) is 4.68. The average Bonchev–Trinajstić information content (AvgIpc) is 3.17. The van der Waals surface area contributed by atoms with Crippen molar-refractivity contribution in [1.82, 2.24) is 14.9 Å². The Kier molecular flexibility index (Phi) is 6.51. The van der Waals surface area contributed by atoms with Crippen LogP contribution in [0.5, 0.6) is 11.5 Å². The summed E-state index contributed by atoms with van der Waals surface area (Å²) in [5.74, 6) is 1.66. The number of methoxy groups -OCH3 is 2. The van der Waals surface area contributed by atoms with Gasteiger partial charge >= 0.3 is 0 Å². The second kappa shape index (κ2) is 9.26. The van der Waals surface area contributed by atoms with E-state index in [1.165, 1.54) is 14.0 Å². The average molecular weight is 407 g/mol. The Morgan fingerprint density at radius 3 is 2.57 bits per heavy atom. The van der Waals surface area contributed by atoms with Crippen molar-refractivity contribution in [3.63, 3.8) is 0 Å². The van der Waals surface area contributed by atoms with Crippen LogP contribution in [0.4, 0.5) is 0 Å². The number of carbonyl (C=O) groups is 2. The molecule has 1 amide bonds. The molecule has 0 saturated carbocycles. The molecular weight excluding hydrogens is 382 g/mol. The number of nitrogens with zero attached hydrogens (tertiary/aromatic N) is 2. The van der Waals surface area contributed by atoms with E-state index >= 15 is 0 Å². The zero-order valence-corrected chi connectivity index (χ0v) is 17.5. The highest BCUT2D eigenvalue weighted by Gasteiger charge is 2.22. The number of hydrogen-bond donors (Lipinski definition) is 1. The summed E-state index contributed by atoms with van der Waals surface area (Å²) in [4.78, 5) is 29.1. The number of ketones is 1. The van der Waals surface area contributed by atoms with Crippen LogP contribution in [0.15, 0.2) is 54.9 Å². The molecule has 1 N–H and O–H groups in total. The molecule has 0 aliphatic rings. The number of imidazole rings is 1. The van der Waals surface area contributed by atoms with E-state index < -0.39 is 6.04 Å². The summed E-state index contributed by atoms with van der Waals surface area (Å²) in [5, 5.41) is 3.06. The van der Waals surface area contributed by atoms with Crippen molar-refractivity contribution >= 4 is 11.7 Å². The number of hydrogen-bond acceptors (Lipinski definition) is 5. The second-order valence-corrected chi connectivity index (χ2v) is 6.93. The molecule has 2 aromatic carbocycles. The first-order valence-electron chi connectivity index (χ1n) is 9.51. The van der Waals surface area contributed by atoms with Gasteiger partial charge < -0.3 is 19.4 Å². The third-order valence-electron chi connectivity index (χ3n) is 4.89. The zero-order valence-electron chi connectivity index (χ0n) is 17.5. The molecule has 0 radical (unpaired) electrons. The SMILES string of the molecule is COc1cccc(C(NC(=O)Cc2cc(C(C)=O)ccc2OC)c2nccn2C)c1. The highest BCUT2D eigenvalue weighted by Crippen LogP contribution is 2.25. The minimum absolute atomic E-state index is 0.0647. The predicted octanol–water partition coefficient (Wildman–Crippen LogP) is 3.09. The Morgan fingerprint density at radius 2 is 1.93 bits per heavy atom. The fourth-order valence-corrected chi connectivity index (χ4v) is 3.29. The molecule has 0 spiro atoms. The summed E-state index contributed by atoms with van der Waals surface area (Å²) in [5.41, 5.74) is 2.03. The normalized spacial score (nSPS) is 11.6. The maximum absolute atomic E-state index is 13.0. The van der Waals surface area contributed by atoms with Crippen molar-refractivity contribution in [3.8, 4) is 11.5 Å². The van der Waals surface area contributed by atoms with E-state index in [9.17, 15) is 9.59 Å². The van der Waals surface area contributed by atoms with E-state index in [1.807, 2.05) is 42.1 Å². The maximum atomic E-state index is 13.0. The largest absolute Gasteiger partial charge is 0.497 e. The molecule has 1 atom stereocenters. The monoisotopic (exact) mass is 407 g/mol. The molecule has 0 saturated heterocycles. The Labute approximate surface area is 175 Å². The number of aromatic nitrogens is 2. The number of amides is 1. The minimum Gasteiger partial charge on any atom is -0.497 e. The molecule has 3 rings (SSSR count). The van der Waals surface area contributed by atoms with E-state index in [0.29, 0.717) is 28.5 Å². The molecule has 1 aromatic heterocycles. The molecular formula is C23H25N3O4. The lowest BCUT2D eigenvalue weighted by Gasteiger charge is -2.20. The van der Waals surface area contributed by atoms with Gasteiger partial charge in [-0.1, -0.05) is 12.1 Å². The summed E-state index contributed by atoms with van der Waals surface area (Å²) in [7, 11) is 5.01. The number of ether oxygens (including phenoxy) is 2. The van der Waals surface area contributed by atoms with Crippen LogP contribution in [0.25, 0.3) is 0 Å². The Bertz CT molecular complexity index is 1060. The van der Waals surface area contributed by atoms with Gasteiger partial charge in [-0.3, -0.25) is 9.59 Å². The number of nitrogens with one attached hydrogen (secondary N) is 1. The molecule has 156 valence electrons. The highest BCUT2D eigenvalue weighted by molar-refractivity contribution is 5.94. The van der Waals surface area contributed by atoms with Crippen molar-refractivity contribution in [2.24, 2.45) is 7.05 Å². The maximum Gasteiger partial charge on any atom is 0.225 e. The van der Waals surface area contributed by atoms with Gasteiger partial charge in [-0.05, 0) is 42.8 Å². The van der Waals surface area contributed by atoms with Crippen LogP contribution in [-0.4, -0.2) is 35.5 Å². The molecule has 0 bridgehead atoms. The van der Waals surface area contributed by atoms with Gasteiger partial charge in [0.2, 0.25) is 5.91 Å². The van der Waals surface area contributed by atoms with Crippen molar-refractivity contribution in [2.75, 3.05) is 14.2 Å². The summed E-state index contributed by atoms with van der Waals surface area (Å²) in [6.45, 7) is 1.49. The second-order valence-electron chi connectivity index (χ2n) is 6.93. The van der Waals surface area contributed by atoms with Crippen molar-refractivity contribution in [1.29, 1.82) is 0 Å². The number of rotatable bonds is 8. The van der Waals surface area contributed by atoms with Crippen LogP contribution in [0.3, 0.4) is 0 Å². The van der Waals surface area contributed by atoms with Crippen molar-refractivity contribution in [3.05, 3.63) is 77.4 Å². The fraction of sp³-hybridized carbons (Fsp3) is 0.261. The van der Waals surface area contributed by atoms with Crippen LogP contribution in [0.2, 0.25) is 0 Å². The molecule has 30 heavy (non-hydrogen) atoms. The smallest absolute Gasteiger partial charge is 0.225 e. The fourth-order valence-electron chi connectivity index (χ4n) is 3.29.